The largest absolute Gasteiger partial charge is 0.496 e. The summed E-state index contributed by atoms with van der Waals surface area (Å²) in [6.07, 6.45) is 13.6. The lowest BCUT2D eigenvalue weighted by molar-refractivity contribution is 0.0114. The standard InChI is InChI=1S/C20H26N2O4S.C19H22BrNO2/c1-25-20-8-4-3-6-17(20)15-9-11-16(12-10-15)26-14-19-18(7-5-13-21-19)22-27(2,23)24;1-22-19-7-3-2-5-16(19)14-8-10-15(11-9-14)23-13-18-17(20)6-4-12-21-18/h3-8,13,15-16,22H,9-12,14H2,1-2H3;2-7,12,14-15H,8-11,13H2,1H3. The van der Waals surface area contributed by atoms with Crippen LogP contribution in [-0.2, 0) is 32.7 Å². The number of nitrogens with zero attached hydrogens (tertiary/aromatic N) is 2. The van der Waals surface area contributed by atoms with Crippen LogP contribution in [-0.4, -0.2) is 51.1 Å². The van der Waals surface area contributed by atoms with Crippen molar-refractivity contribution in [3.63, 3.8) is 0 Å². The first-order valence-electron chi connectivity index (χ1n) is 17.2. The number of hydrogen-bond donors (Lipinski definition) is 1. The minimum absolute atomic E-state index is 0.157. The second kappa shape index (κ2) is 18.6. The molecule has 268 valence electrons. The first-order valence-corrected chi connectivity index (χ1v) is 19.9. The van der Waals surface area contributed by atoms with E-state index in [1.165, 1.54) is 11.1 Å². The van der Waals surface area contributed by atoms with Gasteiger partial charge < -0.3 is 18.9 Å². The molecule has 50 heavy (non-hydrogen) atoms. The molecule has 2 aromatic carbocycles. The number of aromatic nitrogens is 2. The predicted octanol–water partition coefficient (Wildman–Crippen LogP) is 8.80. The predicted molar refractivity (Wildman–Crippen MR) is 200 cm³/mol. The Balaban J connectivity index is 0.000000197. The lowest BCUT2D eigenvalue weighted by atomic mass is 9.82. The number of methoxy groups -OCH3 is 2. The van der Waals surface area contributed by atoms with E-state index in [-0.39, 0.29) is 6.10 Å². The molecule has 0 spiro atoms. The van der Waals surface area contributed by atoms with Gasteiger partial charge in [-0.3, -0.25) is 14.7 Å². The Kier molecular flexibility index (Phi) is 14.1. The Morgan fingerprint density at radius 2 is 1.12 bits per heavy atom. The lowest BCUT2D eigenvalue weighted by Crippen LogP contribution is -2.21. The number of nitrogens with one attached hydrogen (secondary N) is 1. The molecule has 0 bridgehead atoms. The van der Waals surface area contributed by atoms with Crippen molar-refractivity contribution in [2.75, 3.05) is 25.2 Å². The Hall–Kier alpha value is -3.51. The fourth-order valence-electron chi connectivity index (χ4n) is 6.85. The van der Waals surface area contributed by atoms with Crippen molar-refractivity contribution in [1.29, 1.82) is 0 Å². The molecule has 2 heterocycles. The zero-order chi connectivity index (χ0) is 35.3. The number of anilines is 1. The van der Waals surface area contributed by atoms with Gasteiger partial charge in [0.05, 0.1) is 63.0 Å². The molecule has 1 N–H and O–H groups in total. The van der Waals surface area contributed by atoms with Gasteiger partial charge in [0.15, 0.2) is 0 Å². The van der Waals surface area contributed by atoms with Crippen LogP contribution in [0.1, 0.15) is 85.7 Å². The number of ether oxygens (including phenoxy) is 4. The van der Waals surface area contributed by atoms with E-state index in [0.717, 1.165) is 79.3 Å². The van der Waals surface area contributed by atoms with Crippen molar-refractivity contribution < 1.29 is 27.4 Å². The second-order valence-electron chi connectivity index (χ2n) is 12.9. The molecule has 2 aromatic heterocycles. The van der Waals surface area contributed by atoms with Gasteiger partial charge in [-0.25, -0.2) is 8.42 Å². The highest BCUT2D eigenvalue weighted by Gasteiger charge is 2.26. The van der Waals surface area contributed by atoms with Gasteiger partial charge in [0, 0.05) is 16.9 Å². The molecule has 0 amide bonds. The Labute approximate surface area is 305 Å². The number of halogens is 1. The van der Waals surface area contributed by atoms with Gasteiger partial charge in [-0.15, -0.1) is 0 Å². The Bertz CT molecular complexity index is 1760. The Morgan fingerprint density at radius 1 is 0.660 bits per heavy atom. The molecule has 2 aliphatic rings. The summed E-state index contributed by atoms with van der Waals surface area (Å²) in [7, 11) is 0.114. The maximum Gasteiger partial charge on any atom is 0.229 e. The van der Waals surface area contributed by atoms with E-state index in [1.807, 2.05) is 36.5 Å². The van der Waals surface area contributed by atoms with Crippen molar-refractivity contribution in [3.8, 4) is 11.5 Å². The van der Waals surface area contributed by atoms with E-state index in [1.54, 1.807) is 32.5 Å². The van der Waals surface area contributed by atoms with E-state index >= 15 is 0 Å². The molecule has 6 rings (SSSR count). The quantitative estimate of drug-likeness (QED) is 0.153. The monoisotopic (exact) mass is 765 g/mol. The van der Waals surface area contributed by atoms with Gasteiger partial charge in [0.2, 0.25) is 10.0 Å². The molecule has 11 heteroatoms. The summed E-state index contributed by atoms with van der Waals surface area (Å²) in [6, 6.07) is 23.9. The summed E-state index contributed by atoms with van der Waals surface area (Å²) in [5.74, 6) is 3.02. The number of sulfonamides is 1. The van der Waals surface area contributed by atoms with Crippen molar-refractivity contribution in [3.05, 3.63) is 112 Å². The molecule has 0 saturated heterocycles. The average molecular weight is 767 g/mol. The van der Waals surface area contributed by atoms with Crippen LogP contribution >= 0.6 is 15.9 Å². The molecule has 0 unspecified atom stereocenters. The van der Waals surface area contributed by atoms with Crippen LogP contribution in [0.3, 0.4) is 0 Å². The zero-order valence-corrected chi connectivity index (χ0v) is 31.5. The molecule has 2 fully saturated rings. The van der Waals surface area contributed by atoms with Gasteiger partial charge >= 0.3 is 0 Å². The molecule has 2 aliphatic carbocycles. The first kappa shape index (κ1) is 37.7. The average Bonchev–Trinajstić information content (AvgIpc) is 3.14. The zero-order valence-electron chi connectivity index (χ0n) is 29.1. The third-order valence-electron chi connectivity index (χ3n) is 9.44. The number of benzene rings is 2. The molecular weight excluding hydrogens is 718 g/mol. The molecule has 2 saturated carbocycles. The van der Waals surface area contributed by atoms with Gasteiger partial charge in [-0.05, 0) is 127 Å². The summed E-state index contributed by atoms with van der Waals surface area (Å²) < 4.78 is 49.6. The number of hydrogen-bond acceptors (Lipinski definition) is 8. The van der Waals surface area contributed by atoms with Crippen molar-refractivity contribution >= 4 is 31.6 Å². The van der Waals surface area contributed by atoms with Crippen LogP contribution in [0, 0.1) is 0 Å². The van der Waals surface area contributed by atoms with E-state index in [2.05, 4.69) is 61.0 Å². The van der Waals surface area contributed by atoms with Crippen molar-refractivity contribution in [2.24, 2.45) is 0 Å². The van der Waals surface area contributed by atoms with Gasteiger partial charge in [-0.2, -0.15) is 0 Å². The van der Waals surface area contributed by atoms with Crippen LogP contribution in [0.5, 0.6) is 11.5 Å². The molecule has 4 aromatic rings. The second-order valence-corrected chi connectivity index (χ2v) is 15.5. The van der Waals surface area contributed by atoms with Crippen LogP contribution in [0.25, 0.3) is 0 Å². The van der Waals surface area contributed by atoms with Gasteiger partial charge in [0.25, 0.3) is 0 Å². The Morgan fingerprint density at radius 3 is 1.60 bits per heavy atom. The summed E-state index contributed by atoms with van der Waals surface area (Å²) in [6.45, 7) is 0.869. The minimum atomic E-state index is -3.34. The van der Waals surface area contributed by atoms with Crippen LogP contribution in [0.15, 0.2) is 89.7 Å². The molecule has 9 nitrogen and oxygen atoms in total. The molecule has 0 radical (unpaired) electrons. The van der Waals surface area contributed by atoms with Gasteiger partial charge in [-0.1, -0.05) is 36.4 Å². The normalized spacial score (nSPS) is 20.6. The van der Waals surface area contributed by atoms with E-state index in [9.17, 15) is 8.42 Å². The maximum atomic E-state index is 11.5. The fraction of sp³-hybridized carbons (Fsp3) is 0.436. The fourth-order valence-corrected chi connectivity index (χ4v) is 7.81. The van der Waals surface area contributed by atoms with Crippen LogP contribution < -0.4 is 14.2 Å². The first-order chi connectivity index (χ1) is 24.2. The highest BCUT2D eigenvalue weighted by Crippen LogP contribution is 2.39. The maximum absolute atomic E-state index is 11.5. The van der Waals surface area contributed by atoms with E-state index < -0.39 is 10.0 Å². The highest BCUT2D eigenvalue weighted by molar-refractivity contribution is 9.10. The summed E-state index contributed by atoms with van der Waals surface area (Å²) in [4.78, 5) is 8.62. The minimum Gasteiger partial charge on any atom is -0.496 e. The summed E-state index contributed by atoms with van der Waals surface area (Å²) in [5, 5.41) is 0. The summed E-state index contributed by atoms with van der Waals surface area (Å²) >= 11 is 3.52. The smallest absolute Gasteiger partial charge is 0.229 e. The lowest BCUT2D eigenvalue weighted by Gasteiger charge is -2.29. The van der Waals surface area contributed by atoms with Crippen molar-refractivity contribution in [2.45, 2.75) is 88.6 Å². The molecular formula is C39H48BrN3O6S. The number of para-hydroxylation sites is 2. The third kappa shape index (κ3) is 11.0. The third-order valence-corrected chi connectivity index (χ3v) is 10.8. The van der Waals surface area contributed by atoms with Crippen LogP contribution in [0.4, 0.5) is 5.69 Å². The van der Waals surface area contributed by atoms with E-state index in [0.29, 0.717) is 42.5 Å². The molecule has 0 atom stereocenters. The van der Waals surface area contributed by atoms with E-state index in [4.69, 9.17) is 18.9 Å². The molecule has 0 aliphatic heterocycles. The SMILES string of the molecule is COc1ccccc1C1CCC(OCc2ncccc2Br)CC1.COc1ccccc1C1CCC(OCc2ncccc2NS(C)(=O)=O)CC1. The summed E-state index contributed by atoms with van der Waals surface area (Å²) in [5.41, 5.74) is 4.65. The van der Waals surface area contributed by atoms with Crippen LogP contribution in [0.2, 0.25) is 0 Å². The van der Waals surface area contributed by atoms with Gasteiger partial charge in [0.1, 0.15) is 11.5 Å². The number of pyridine rings is 2. The topological polar surface area (TPSA) is 109 Å². The van der Waals surface area contributed by atoms with Crippen molar-refractivity contribution in [1.82, 2.24) is 9.97 Å². The number of rotatable bonds is 12. The highest BCUT2D eigenvalue weighted by atomic mass is 79.9.